The van der Waals surface area contributed by atoms with Crippen LogP contribution in [-0.4, -0.2) is 50.8 Å². The lowest BCUT2D eigenvalue weighted by Crippen LogP contribution is -2.50. The van der Waals surface area contributed by atoms with E-state index >= 15 is 0 Å². The number of aromatic nitrogens is 2. The highest BCUT2D eigenvalue weighted by Crippen LogP contribution is 2.38. The van der Waals surface area contributed by atoms with Crippen molar-refractivity contribution < 1.29 is 9.53 Å². The number of fused-ring (bicyclic) bond motifs is 3. The number of hydrogen-bond acceptors (Lipinski definition) is 6. The highest BCUT2D eigenvalue weighted by molar-refractivity contribution is 7.19. The Kier molecular flexibility index (Phi) is 5.16. The van der Waals surface area contributed by atoms with Crippen LogP contribution in [0.2, 0.25) is 0 Å². The van der Waals surface area contributed by atoms with E-state index in [9.17, 15) is 4.79 Å². The molecule has 2 aromatic heterocycles. The summed E-state index contributed by atoms with van der Waals surface area (Å²) in [4.78, 5) is 26.0. The van der Waals surface area contributed by atoms with Crippen molar-refractivity contribution in [2.24, 2.45) is 0 Å². The van der Waals surface area contributed by atoms with E-state index in [0.29, 0.717) is 23.3 Å². The Bertz CT molecular complexity index is 1000. The van der Waals surface area contributed by atoms with Gasteiger partial charge in [0.2, 0.25) is 5.91 Å². The maximum atomic E-state index is 11.8. The lowest BCUT2D eigenvalue weighted by atomic mass is 9.95. The molecule has 6 nitrogen and oxygen atoms in total. The highest BCUT2D eigenvalue weighted by Gasteiger charge is 2.42. The topological polar surface area (TPSA) is 58.6 Å². The molecule has 2 aliphatic heterocycles. The monoisotopic (exact) mass is 422 g/mol. The number of ether oxygens (including phenoxy) is 1. The van der Waals surface area contributed by atoms with Gasteiger partial charge in [0.1, 0.15) is 16.1 Å². The molecule has 2 bridgehead atoms. The van der Waals surface area contributed by atoms with E-state index in [1.165, 1.54) is 29.7 Å². The fourth-order valence-corrected chi connectivity index (χ4v) is 5.62. The molecule has 2 aliphatic rings. The van der Waals surface area contributed by atoms with E-state index in [0.717, 1.165) is 35.5 Å². The first kappa shape index (κ1) is 19.5. The van der Waals surface area contributed by atoms with Crippen LogP contribution in [0.25, 0.3) is 10.3 Å². The van der Waals surface area contributed by atoms with Gasteiger partial charge >= 0.3 is 0 Å². The number of carbonyl (C=O) groups excluding carboxylic acids is 1. The van der Waals surface area contributed by atoms with Crippen molar-refractivity contribution in [3.05, 3.63) is 48.2 Å². The molecular weight excluding hydrogens is 396 g/mol. The van der Waals surface area contributed by atoms with Gasteiger partial charge in [0.15, 0.2) is 0 Å². The summed E-state index contributed by atoms with van der Waals surface area (Å²) in [5.41, 5.74) is 2.16. The number of rotatable bonds is 5. The van der Waals surface area contributed by atoms with Crippen LogP contribution in [0, 0.1) is 0 Å². The number of pyridine rings is 1. The van der Waals surface area contributed by atoms with Crippen LogP contribution in [0.1, 0.15) is 38.2 Å². The average Bonchev–Trinajstić information content (AvgIpc) is 3.24. The molecule has 0 N–H and O–H groups in total. The van der Waals surface area contributed by atoms with E-state index in [1.54, 1.807) is 13.1 Å². The Labute approximate surface area is 180 Å². The lowest BCUT2D eigenvalue weighted by Gasteiger charge is -2.42. The molecule has 0 aliphatic carbocycles. The van der Waals surface area contributed by atoms with Gasteiger partial charge in [0, 0.05) is 44.8 Å². The van der Waals surface area contributed by atoms with Crippen LogP contribution >= 0.6 is 11.3 Å². The molecule has 7 heteroatoms. The first-order chi connectivity index (χ1) is 14.6. The summed E-state index contributed by atoms with van der Waals surface area (Å²) in [6.45, 7) is 2.62. The number of hydrogen-bond donors (Lipinski definition) is 0. The summed E-state index contributed by atoms with van der Waals surface area (Å²) in [6.07, 6.45) is 6.41. The largest absolute Gasteiger partial charge is 0.431 e. The molecule has 2 fully saturated rings. The predicted octanol–water partition coefficient (Wildman–Crippen LogP) is 4.46. The molecule has 156 valence electrons. The zero-order valence-corrected chi connectivity index (χ0v) is 18.1. The van der Waals surface area contributed by atoms with Crippen molar-refractivity contribution in [1.29, 1.82) is 0 Å². The summed E-state index contributed by atoms with van der Waals surface area (Å²) >= 11 is 1.46. The van der Waals surface area contributed by atoms with E-state index in [4.69, 9.17) is 4.74 Å². The van der Waals surface area contributed by atoms with Crippen molar-refractivity contribution in [3.8, 4) is 10.9 Å². The van der Waals surface area contributed by atoms with Gasteiger partial charge in [-0.15, -0.1) is 0 Å². The standard InChI is InChI=1S/C23H26N4O2S/c1-15(28)26(2)19-12-17-7-8-18(13-19)27(17)14-16-5-9-20(10-6-16)29-23-25-21-4-3-11-24-22(21)30-23/h3-6,9-11,17-19H,7-8,12-14H2,1-2H3/t17-,18+,19-. The second-order valence-corrected chi connectivity index (χ2v) is 9.31. The molecule has 2 saturated heterocycles. The maximum Gasteiger partial charge on any atom is 0.281 e. The van der Waals surface area contributed by atoms with Gasteiger partial charge < -0.3 is 9.64 Å². The highest BCUT2D eigenvalue weighted by atomic mass is 32.1. The van der Waals surface area contributed by atoms with Crippen LogP contribution < -0.4 is 4.74 Å². The molecule has 3 aromatic rings. The number of piperidine rings is 1. The van der Waals surface area contributed by atoms with Crippen LogP contribution in [0.3, 0.4) is 0 Å². The van der Waals surface area contributed by atoms with Gasteiger partial charge in [0.05, 0.1) is 0 Å². The minimum Gasteiger partial charge on any atom is -0.431 e. The van der Waals surface area contributed by atoms with E-state index in [2.05, 4.69) is 27.0 Å². The van der Waals surface area contributed by atoms with Crippen molar-refractivity contribution in [2.75, 3.05) is 7.05 Å². The quantitative estimate of drug-likeness (QED) is 0.608. The molecule has 5 rings (SSSR count). The third-order valence-electron chi connectivity index (χ3n) is 6.54. The normalized spacial score (nSPS) is 23.6. The van der Waals surface area contributed by atoms with E-state index < -0.39 is 0 Å². The zero-order chi connectivity index (χ0) is 20.7. The minimum atomic E-state index is 0.173. The van der Waals surface area contributed by atoms with Gasteiger partial charge in [-0.05, 0) is 55.5 Å². The molecule has 1 aromatic carbocycles. The summed E-state index contributed by atoms with van der Waals surface area (Å²) in [6, 6.07) is 13.7. The first-order valence-electron chi connectivity index (χ1n) is 10.5. The Morgan fingerprint density at radius 3 is 2.60 bits per heavy atom. The van der Waals surface area contributed by atoms with Crippen LogP contribution in [0.15, 0.2) is 42.6 Å². The molecule has 0 unspecified atom stereocenters. The Morgan fingerprint density at radius 2 is 1.93 bits per heavy atom. The number of carbonyl (C=O) groups is 1. The van der Waals surface area contributed by atoms with Crippen LogP contribution in [0.4, 0.5) is 0 Å². The van der Waals surface area contributed by atoms with Gasteiger partial charge in [-0.2, -0.15) is 0 Å². The average molecular weight is 423 g/mol. The second kappa shape index (κ2) is 7.96. The Balaban J connectivity index is 1.23. The van der Waals surface area contributed by atoms with E-state index in [-0.39, 0.29) is 5.91 Å². The first-order valence-corrected chi connectivity index (χ1v) is 11.4. The van der Waals surface area contributed by atoms with Gasteiger partial charge in [-0.1, -0.05) is 23.5 Å². The van der Waals surface area contributed by atoms with Crippen molar-refractivity contribution >= 4 is 27.6 Å². The lowest BCUT2D eigenvalue weighted by molar-refractivity contribution is -0.131. The number of nitrogens with zero attached hydrogens (tertiary/aromatic N) is 4. The SMILES string of the molecule is CC(=O)N(C)[C@@H]1C[C@H]2CC[C@@H](C1)N2Cc1ccc(Oc2nc3cccnc3s2)cc1. The number of amides is 1. The van der Waals surface area contributed by atoms with Crippen LogP contribution in [-0.2, 0) is 11.3 Å². The molecule has 0 saturated carbocycles. The van der Waals surface area contributed by atoms with Gasteiger partial charge in [-0.3, -0.25) is 9.69 Å². The van der Waals surface area contributed by atoms with Crippen molar-refractivity contribution in [3.63, 3.8) is 0 Å². The minimum absolute atomic E-state index is 0.173. The summed E-state index contributed by atoms with van der Waals surface area (Å²) in [7, 11) is 1.95. The third-order valence-corrected chi connectivity index (χ3v) is 7.40. The van der Waals surface area contributed by atoms with Crippen molar-refractivity contribution in [1.82, 2.24) is 19.8 Å². The molecule has 30 heavy (non-hydrogen) atoms. The summed E-state index contributed by atoms with van der Waals surface area (Å²) < 4.78 is 5.94. The fraction of sp³-hybridized carbons (Fsp3) is 0.435. The van der Waals surface area contributed by atoms with Crippen LogP contribution in [0.5, 0.6) is 10.9 Å². The Morgan fingerprint density at radius 1 is 1.20 bits per heavy atom. The Hall–Kier alpha value is -2.51. The smallest absolute Gasteiger partial charge is 0.281 e. The molecular formula is C23H26N4O2S. The third kappa shape index (κ3) is 3.79. The van der Waals surface area contributed by atoms with Gasteiger partial charge in [0.25, 0.3) is 5.19 Å². The predicted molar refractivity (Wildman–Crippen MR) is 118 cm³/mol. The molecule has 1 amide bonds. The summed E-state index contributed by atoms with van der Waals surface area (Å²) in [5, 5.41) is 0.617. The molecule has 0 spiro atoms. The number of thiazole rings is 1. The maximum absolute atomic E-state index is 11.8. The summed E-state index contributed by atoms with van der Waals surface area (Å²) in [5.74, 6) is 0.968. The molecule has 4 heterocycles. The zero-order valence-electron chi connectivity index (χ0n) is 17.3. The fourth-order valence-electron chi connectivity index (χ4n) is 4.85. The van der Waals surface area contributed by atoms with E-state index in [1.807, 2.05) is 36.2 Å². The second-order valence-electron chi connectivity index (χ2n) is 8.37. The molecule has 0 radical (unpaired) electrons. The number of benzene rings is 1. The molecule has 3 atom stereocenters. The van der Waals surface area contributed by atoms with Gasteiger partial charge in [-0.25, -0.2) is 9.97 Å². The van der Waals surface area contributed by atoms with Crippen molar-refractivity contribution in [2.45, 2.75) is 57.3 Å².